The maximum atomic E-state index is 13.1. The molecule has 0 aliphatic carbocycles. The van der Waals surface area contributed by atoms with Crippen molar-refractivity contribution in [2.24, 2.45) is 0 Å². The first kappa shape index (κ1) is 18.9. The predicted molar refractivity (Wildman–Crippen MR) is 94.1 cm³/mol. The first-order valence-corrected chi connectivity index (χ1v) is 8.75. The third kappa shape index (κ3) is 4.85. The fourth-order valence-corrected chi connectivity index (χ4v) is 3.21. The molecule has 0 bridgehead atoms. The predicted octanol–water partition coefficient (Wildman–Crippen LogP) is 5.03. The van der Waals surface area contributed by atoms with Gasteiger partial charge in [-0.1, -0.05) is 30.3 Å². The fraction of sp³-hybridized carbons (Fsp3) is 0.158. The van der Waals surface area contributed by atoms with E-state index in [-0.39, 0.29) is 18.7 Å². The van der Waals surface area contributed by atoms with Crippen LogP contribution in [0.2, 0.25) is 0 Å². The molecule has 0 amide bonds. The van der Waals surface area contributed by atoms with E-state index in [2.05, 4.69) is 4.98 Å². The molecule has 8 heteroatoms. The normalized spacial score (nSPS) is 11.4. The van der Waals surface area contributed by atoms with Gasteiger partial charge in [0.15, 0.2) is 5.69 Å². The summed E-state index contributed by atoms with van der Waals surface area (Å²) in [7, 11) is 0. The zero-order chi connectivity index (χ0) is 19.4. The number of benzene rings is 2. The van der Waals surface area contributed by atoms with Crippen molar-refractivity contribution < 1.29 is 27.8 Å². The topological polar surface area (TPSA) is 59.4 Å². The molecular weight excluding hydrogens is 379 g/mol. The molecule has 0 aliphatic heterocycles. The molecule has 1 aromatic heterocycles. The molecular formula is C19H14F3NO3S. The quantitative estimate of drug-likeness (QED) is 0.638. The number of hydrogen-bond donors (Lipinski definition) is 1. The third-order valence-corrected chi connectivity index (χ3v) is 4.59. The highest BCUT2D eigenvalue weighted by molar-refractivity contribution is 7.09. The molecule has 2 aromatic carbocycles. The van der Waals surface area contributed by atoms with E-state index < -0.39 is 17.7 Å². The van der Waals surface area contributed by atoms with Crippen LogP contribution in [0.1, 0.15) is 32.2 Å². The summed E-state index contributed by atoms with van der Waals surface area (Å²) >= 11 is 1.08. The number of thiazole rings is 1. The number of alkyl halides is 3. The van der Waals surface area contributed by atoms with Gasteiger partial charge in [-0.05, 0) is 23.8 Å². The van der Waals surface area contributed by atoms with Crippen LogP contribution in [0.25, 0.3) is 0 Å². The van der Waals surface area contributed by atoms with Crippen molar-refractivity contribution in [1.82, 2.24) is 4.98 Å². The largest absolute Gasteiger partial charge is 0.489 e. The van der Waals surface area contributed by atoms with E-state index in [1.165, 1.54) is 11.4 Å². The summed E-state index contributed by atoms with van der Waals surface area (Å²) in [4.78, 5) is 14.9. The Balaban J connectivity index is 1.88. The molecule has 0 aliphatic rings. The van der Waals surface area contributed by atoms with Crippen molar-refractivity contribution in [3.63, 3.8) is 0 Å². The molecule has 0 radical (unpaired) electrons. The van der Waals surface area contributed by atoms with Crippen LogP contribution in [0.5, 0.6) is 5.75 Å². The lowest BCUT2D eigenvalue weighted by molar-refractivity contribution is -0.137. The minimum absolute atomic E-state index is 0.0476. The van der Waals surface area contributed by atoms with Crippen molar-refractivity contribution in [3.05, 3.63) is 81.3 Å². The average Bonchev–Trinajstić information content (AvgIpc) is 3.09. The smallest absolute Gasteiger partial charge is 0.416 e. The van der Waals surface area contributed by atoms with Gasteiger partial charge in [0.05, 0.1) is 10.6 Å². The number of aromatic nitrogens is 1. The Bertz CT molecular complexity index is 939. The van der Waals surface area contributed by atoms with Crippen molar-refractivity contribution in [2.45, 2.75) is 19.2 Å². The summed E-state index contributed by atoms with van der Waals surface area (Å²) in [6.45, 7) is 0.206. The standard InChI is InChI=1S/C19H14F3NO3S/c20-19(21,22)14-6-7-16(26-10-12-4-2-1-3-5-12)13(8-14)9-17-23-15(11-27-17)18(24)25/h1-8,11H,9-10H2,(H,24,25). The maximum Gasteiger partial charge on any atom is 0.416 e. The lowest BCUT2D eigenvalue weighted by Crippen LogP contribution is -2.07. The second kappa shape index (κ2) is 7.79. The van der Waals surface area contributed by atoms with Crippen LogP contribution in [0.15, 0.2) is 53.9 Å². The first-order chi connectivity index (χ1) is 12.8. The Hall–Kier alpha value is -2.87. The van der Waals surface area contributed by atoms with Crippen molar-refractivity contribution in [2.75, 3.05) is 0 Å². The van der Waals surface area contributed by atoms with Crippen LogP contribution < -0.4 is 4.74 Å². The van der Waals surface area contributed by atoms with Crippen LogP contribution in [0.3, 0.4) is 0 Å². The first-order valence-electron chi connectivity index (χ1n) is 7.87. The summed E-state index contributed by atoms with van der Waals surface area (Å²) in [5.41, 5.74) is 0.256. The van der Waals surface area contributed by atoms with Crippen molar-refractivity contribution in [3.8, 4) is 5.75 Å². The number of rotatable bonds is 6. The fourth-order valence-electron chi connectivity index (χ4n) is 2.42. The minimum Gasteiger partial charge on any atom is -0.489 e. The number of carbonyl (C=O) groups is 1. The van der Waals surface area contributed by atoms with E-state index in [1.807, 2.05) is 30.3 Å². The van der Waals surface area contributed by atoms with Gasteiger partial charge in [0, 0.05) is 17.4 Å². The molecule has 0 spiro atoms. The highest BCUT2D eigenvalue weighted by Crippen LogP contribution is 2.34. The van der Waals surface area contributed by atoms with E-state index in [0.29, 0.717) is 16.3 Å². The SMILES string of the molecule is O=C(O)c1csc(Cc2cc(C(F)(F)F)ccc2OCc2ccccc2)n1. The molecule has 1 heterocycles. The molecule has 0 fully saturated rings. The van der Waals surface area contributed by atoms with E-state index in [4.69, 9.17) is 9.84 Å². The third-order valence-electron chi connectivity index (χ3n) is 3.74. The number of ether oxygens (including phenoxy) is 1. The summed E-state index contributed by atoms with van der Waals surface area (Å²) < 4.78 is 44.9. The molecule has 27 heavy (non-hydrogen) atoms. The molecule has 0 unspecified atom stereocenters. The molecule has 0 saturated heterocycles. The molecule has 4 nitrogen and oxygen atoms in total. The lowest BCUT2D eigenvalue weighted by atomic mass is 10.1. The van der Waals surface area contributed by atoms with E-state index >= 15 is 0 Å². The molecule has 0 atom stereocenters. The van der Waals surface area contributed by atoms with Crippen LogP contribution in [0.4, 0.5) is 13.2 Å². The summed E-state index contributed by atoms with van der Waals surface area (Å²) in [6.07, 6.45) is -4.44. The second-order valence-corrected chi connectivity index (χ2v) is 6.65. The number of halogens is 3. The Morgan fingerprint density at radius 2 is 1.89 bits per heavy atom. The van der Waals surface area contributed by atoms with Gasteiger partial charge in [0.2, 0.25) is 0 Å². The maximum absolute atomic E-state index is 13.1. The number of carboxylic acid groups (broad SMARTS) is 1. The number of carboxylic acids is 1. The highest BCUT2D eigenvalue weighted by atomic mass is 32.1. The van der Waals surface area contributed by atoms with Crippen molar-refractivity contribution in [1.29, 1.82) is 0 Å². The second-order valence-electron chi connectivity index (χ2n) is 5.70. The zero-order valence-corrected chi connectivity index (χ0v) is 14.7. The van der Waals surface area contributed by atoms with Gasteiger partial charge < -0.3 is 9.84 Å². The van der Waals surface area contributed by atoms with Gasteiger partial charge in [-0.15, -0.1) is 11.3 Å². The Labute approximate surface area is 156 Å². The van der Waals surface area contributed by atoms with Crippen LogP contribution in [-0.2, 0) is 19.2 Å². The lowest BCUT2D eigenvalue weighted by Gasteiger charge is -2.14. The average molecular weight is 393 g/mol. The van der Waals surface area contributed by atoms with Gasteiger partial charge in [0.1, 0.15) is 12.4 Å². The molecule has 3 rings (SSSR count). The molecule has 3 aromatic rings. The summed E-state index contributed by atoms with van der Waals surface area (Å²) in [5.74, 6) is -0.874. The van der Waals surface area contributed by atoms with Gasteiger partial charge in [-0.25, -0.2) is 9.78 Å². The summed E-state index contributed by atoms with van der Waals surface area (Å²) in [5, 5.41) is 10.7. The van der Waals surface area contributed by atoms with E-state index in [0.717, 1.165) is 29.0 Å². The Morgan fingerprint density at radius 3 is 2.52 bits per heavy atom. The molecule has 0 saturated carbocycles. The van der Waals surface area contributed by atoms with E-state index in [1.54, 1.807) is 0 Å². The van der Waals surface area contributed by atoms with E-state index in [9.17, 15) is 18.0 Å². The minimum atomic E-state index is -4.48. The molecule has 140 valence electrons. The Kier molecular flexibility index (Phi) is 5.46. The number of nitrogens with zero attached hydrogens (tertiary/aromatic N) is 1. The molecule has 1 N–H and O–H groups in total. The monoisotopic (exact) mass is 393 g/mol. The van der Waals surface area contributed by atoms with Gasteiger partial charge in [0.25, 0.3) is 0 Å². The van der Waals surface area contributed by atoms with Gasteiger partial charge in [-0.3, -0.25) is 0 Å². The van der Waals surface area contributed by atoms with Gasteiger partial charge >= 0.3 is 12.1 Å². The number of hydrogen-bond acceptors (Lipinski definition) is 4. The van der Waals surface area contributed by atoms with Crippen LogP contribution in [0, 0.1) is 0 Å². The van der Waals surface area contributed by atoms with Crippen LogP contribution >= 0.6 is 11.3 Å². The zero-order valence-electron chi connectivity index (χ0n) is 13.9. The highest BCUT2D eigenvalue weighted by Gasteiger charge is 2.31. The number of aromatic carboxylic acids is 1. The van der Waals surface area contributed by atoms with Crippen LogP contribution in [-0.4, -0.2) is 16.1 Å². The van der Waals surface area contributed by atoms with Gasteiger partial charge in [-0.2, -0.15) is 13.2 Å². The van der Waals surface area contributed by atoms with Crippen molar-refractivity contribution >= 4 is 17.3 Å². The Morgan fingerprint density at radius 1 is 1.15 bits per heavy atom. The summed E-state index contributed by atoms with van der Waals surface area (Å²) in [6, 6.07) is 12.5.